The number of nitrogen functional groups attached to an aromatic ring is 1. The van der Waals surface area contributed by atoms with Gasteiger partial charge in [0.25, 0.3) is 11.8 Å². The Hall–Kier alpha value is -4.13. The van der Waals surface area contributed by atoms with E-state index in [2.05, 4.69) is 27.1 Å². The van der Waals surface area contributed by atoms with Crippen molar-refractivity contribution >= 4 is 28.8 Å². The summed E-state index contributed by atoms with van der Waals surface area (Å²) in [5.41, 5.74) is 7.57. The summed E-state index contributed by atoms with van der Waals surface area (Å²) in [6.45, 7) is 2.46. The molecule has 4 rings (SSSR count). The normalized spacial score (nSPS) is 15.5. The van der Waals surface area contributed by atoms with Crippen molar-refractivity contribution in [2.75, 3.05) is 25.9 Å². The lowest BCUT2D eigenvalue weighted by Gasteiger charge is -2.14. The lowest BCUT2D eigenvalue weighted by Crippen LogP contribution is -2.31. The van der Waals surface area contributed by atoms with Gasteiger partial charge in [0.2, 0.25) is 0 Å². The van der Waals surface area contributed by atoms with Gasteiger partial charge >= 0.3 is 5.69 Å². The van der Waals surface area contributed by atoms with Crippen LogP contribution in [-0.4, -0.2) is 56.0 Å². The van der Waals surface area contributed by atoms with Gasteiger partial charge in [0.05, 0.1) is 11.7 Å². The summed E-state index contributed by atoms with van der Waals surface area (Å²) in [5.74, 6) is 4.82. The van der Waals surface area contributed by atoms with Crippen molar-refractivity contribution in [3.63, 3.8) is 0 Å². The maximum absolute atomic E-state index is 13.5. The number of benzene rings is 1. The van der Waals surface area contributed by atoms with Crippen LogP contribution < -0.4 is 16.7 Å². The molecule has 2 amide bonds. The number of rotatable bonds is 3. The van der Waals surface area contributed by atoms with E-state index in [0.29, 0.717) is 41.9 Å². The lowest BCUT2D eigenvalue weighted by molar-refractivity contribution is -0.124. The molecule has 0 saturated carbocycles. The summed E-state index contributed by atoms with van der Waals surface area (Å²) in [7, 11) is 1.55. The predicted molar refractivity (Wildman–Crippen MR) is 115 cm³/mol. The van der Waals surface area contributed by atoms with Crippen molar-refractivity contribution in [3.8, 4) is 17.5 Å². The Labute approximate surface area is 177 Å². The minimum absolute atomic E-state index is 0.166. The Morgan fingerprint density at radius 2 is 1.97 bits per heavy atom. The van der Waals surface area contributed by atoms with Crippen LogP contribution in [0.1, 0.15) is 29.7 Å². The van der Waals surface area contributed by atoms with E-state index in [1.54, 1.807) is 47.7 Å². The first-order valence-corrected chi connectivity index (χ1v) is 9.73. The van der Waals surface area contributed by atoms with E-state index in [1.807, 2.05) is 0 Å². The monoisotopic (exact) mass is 419 g/mol. The molecule has 1 atom stereocenters. The van der Waals surface area contributed by atoms with Crippen molar-refractivity contribution in [2.24, 2.45) is 0 Å². The van der Waals surface area contributed by atoms with Gasteiger partial charge in [-0.3, -0.25) is 18.7 Å². The van der Waals surface area contributed by atoms with Gasteiger partial charge in [-0.1, -0.05) is 5.92 Å². The van der Waals surface area contributed by atoms with Crippen molar-refractivity contribution < 1.29 is 9.59 Å². The van der Waals surface area contributed by atoms with Crippen LogP contribution in [0.25, 0.3) is 16.9 Å². The molecule has 0 radical (unpaired) electrons. The number of hydrogen-bond donors (Lipinski definition) is 2. The minimum Gasteiger partial charge on any atom is -0.382 e. The Balaban J connectivity index is 1.82. The average Bonchev–Trinajstić information content (AvgIpc) is 3.36. The number of fused-ring (bicyclic) bond motifs is 1. The molecule has 1 aliphatic rings. The van der Waals surface area contributed by atoms with Crippen molar-refractivity contribution in [1.82, 2.24) is 29.3 Å². The molecule has 3 heterocycles. The summed E-state index contributed by atoms with van der Waals surface area (Å²) in [6, 6.07) is 6.33. The molecular formula is C21H21N7O3. The van der Waals surface area contributed by atoms with Gasteiger partial charge in [0.15, 0.2) is 11.5 Å². The zero-order valence-electron chi connectivity index (χ0n) is 17.1. The molecule has 1 fully saturated rings. The van der Waals surface area contributed by atoms with Crippen LogP contribution in [0.5, 0.6) is 0 Å². The Bertz CT molecular complexity index is 1290. The first-order valence-electron chi connectivity index (χ1n) is 9.73. The van der Waals surface area contributed by atoms with Crippen LogP contribution >= 0.6 is 0 Å². The number of hydrogen-bond acceptors (Lipinski definition) is 6. The Morgan fingerprint density at radius 1 is 1.23 bits per heavy atom. The third kappa shape index (κ3) is 3.40. The lowest BCUT2D eigenvalue weighted by atomic mass is 10.2. The number of imidazole rings is 1. The van der Waals surface area contributed by atoms with E-state index in [-0.39, 0.29) is 29.4 Å². The van der Waals surface area contributed by atoms with Crippen LogP contribution in [0.3, 0.4) is 0 Å². The van der Waals surface area contributed by atoms with Crippen molar-refractivity contribution in [2.45, 2.75) is 19.4 Å². The van der Waals surface area contributed by atoms with Gasteiger partial charge < -0.3 is 16.0 Å². The predicted octanol–water partition coefficient (Wildman–Crippen LogP) is 0.321. The second kappa shape index (κ2) is 7.95. The number of carbonyl (C=O) groups excluding carboxylic acids is 2. The molecule has 1 aliphatic heterocycles. The number of nitrogens with zero attached hydrogens (tertiary/aromatic N) is 5. The quantitative estimate of drug-likeness (QED) is 0.589. The molecule has 1 unspecified atom stereocenters. The molecule has 2 aromatic heterocycles. The molecule has 3 aromatic rings. The van der Waals surface area contributed by atoms with Gasteiger partial charge in [0, 0.05) is 25.7 Å². The second-order valence-electron chi connectivity index (χ2n) is 7.11. The second-order valence-corrected chi connectivity index (χ2v) is 7.11. The third-order valence-electron chi connectivity index (χ3n) is 5.34. The Morgan fingerprint density at radius 3 is 2.65 bits per heavy atom. The highest BCUT2D eigenvalue weighted by atomic mass is 16.2. The van der Waals surface area contributed by atoms with E-state index in [1.165, 1.54) is 10.9 Å². The number of nitrogens with one attached hydrogen (secondary N) is 1. The molecule has 31 heavy (non-hydrogen) atoms. The molecule has 0 aliphatic carbocycles. The number of nitrogens with two attached hydrogens (primary N) is 1. The van der Waals surface area contributed by atoms with Crippen LogP contribution in [0.4, 0.5) is 5.82 Å². The Kier molecular flexibility index (Phi) is 5.17. The minimum atomic E-state index is -0.337. The largest absolute Gasteiger partial charge is 0.382 e. The first-order chi connectivity index (χ1) is 15.0. The molecule has 0 bridgehead atoms. The van der Waals surface area contributed by atoms with E-state index in [9.17, 15) is 14.4 Å². The molecule has 1 aromatic carbocycles. The van der Waals surface area contributed by atoms with Gasteiger partial charge in [-0.05, 0) is 43.5 Å². The molecule has 10 nitrogen and oxygen atoms in total. The van der Waals surface area contributed by atoms with Gasteiger partial charge in [-0.25, -0.2) is 14.8 Å². The molecular weight excluding hydrogens is 398 g/mol. The average molecular weight is 419 g/mol. The summed E-state index contributed by atoms with van der Waals surface area (Å²) < 4.78 is 3.00. The molecule has 158 valence electrons. The third-order valence-corrected chi connectivity index (χ3v) is 5.34. The fourth-order valence-electron chi connectivity index (χ4n) is 3.87. The standard InChI is InChI=1S/C21H21N7O3/c1-3-4-16(29)26-10-9-15(11-26)28-19-17(18(22)24-12-25-19)27(21(28)31)14-7-5-13(6-8-14)20(30)23-2/h5-8,12,15H,9-11H2,1-2H3,(H,23,30)(H2,22,24,25). The number of aromatic nitrogens is 4. The summed E-state index contributed by atoms with van der Waals surface area (Å²) in [4.78, 5) is 47.5. The number of likely N-dealkylation sites (tertiary alicyclic amines) is 1. The number of anilines is 1. The van der Waals surface area contributed by atoms with Gasteiger partial charge in [0.1, 0.15) is 11.8 Å². The van der Waals surface area contributed by atoms with E-state index in [4.69, 9.17) is 5.73 Å². The van der Waals surface area contributed by atoms with Gasteiger partial charge in [-0.2, -0.15) is 0 Å². The van der Waals surface area contributed by atoms with E-state index < -0.39 is 0 Å². The van der Waals surface area contributed by atoms with Crippen LogP contribution in [0.2, 0.25) is 0 Å². The topological polar surface area (TPSA) is 128 Å². The van der Waals surface area contributed by atoms with E-state index in [0.717, 1.165) is 0 Å². The highest BCUT2D eigenvalue weighted by Crippen LogP contribution is 2.27. The summed E-state index contributed by atoms with van der Waals surface area (Å²) in [5, 5.41) is 2.56. The fourth-order valence-corrected chi connectivity index (χ4v) is 3.87. The van der Waals surface area contributed by atoms with Crippen LogP contribution in [-0.2, 0) is 4.79 Å². The summed E-state index contributed by atoms with van der Waals surface area (Å²) >= 11 is 0. The molecule has 10 heteroatoms. The number of amides is 2. The van der Waals surface area contributed by atoms with Crippen molar-refractivity contribution in [1.29, 1.82) is 0 Å². The highest BCUT2D eigenvalue weighted by molar-refractivity contribution is 5.94. The first kappa shape index (κ1) is 20.2. The molecule has 0 spiro atoms. The fraction of sp³-hybridized carbons (Fsp3) is 0.286. The highest BCUT2D eigenvalue weighted by Gasteiger charge is 2.31. The van der Waals surface area contributed by atoms with Crippen LogP contribution in [0, 0.1) is 11.8 Å². The van der Waals surface area contributed by atoms with E-state index >= 15 is 0 Å². The van der Waals surface area contributed by atoms with Crippen molar-refractivity contribution in [3.05, 3.63) is 46.6 Å². The maximum Gasteiger partial charge on any atom is 0.335 e. The number of carbonyl (C=O) groups is 2. The summed E-state index contributed by atoms with van der Waals surface area (Å²) in [6.07, 6.45) is 1.91. The molecule has 3 N–H and O–H groups in total. The molecule has 1 saturated heterocycles. The van der Waals surface area contributed by atoms with Crippen LogP contribution in [0.15, 0.2) is 35.4 Å². The zero-order valence-corrected chi connectivity index (χ0v) is 17.1. The maximum atomic E-state index is 13.5. The SMILES string of the molecule is CC#CC(=O)N1CCC(n2c(=O)n(-c3ccc(C(=O)NC)cc3)c3c(N)ncnc32)C1. The smallest absolute Gasteiger partial charge is 0.335 e. The zero-order chi connectivity index (χ0) is 22.1. The van der Waals surface area contributed by atoms with Gasteiger partial charge in [-0.15, -0.1) is 0 Å².